The van der Waals surface area contributed by atoms with Crippen LogP contribution in [0.2, 0.25) is 0 Å². The molecule has 0 unspecified atom stereocenters. The summed E-state index contributed by atoms with van der Waals surface area (Å²) in [4.78, 5) is 18.1. The number of anilines is 1. The molecule has 0 saturated heterocycles. The Morgan fingerprint density at radius 3 is 2.79 bits per heavy atom. The molecule has 0 radical (unpaired) electrons. The highest BCUT2D eigenvalue weighted by Crippen LogP contribution is 2.16. The molecule has 0 saturated carbocycles. The number of carbonyl (C=O) groups excluding carboxylic acids is 1. The maximum atomic E-state index is 12.3. The Balaban J connectivity index is 2.71. The van der Waals surface area contributed by atoms with Gasteiger partial charge in [-0.15, -0.1) is 0 Å². The number of carbonyl (C=O) groups is 1. The Morgan fingerprint density at radius 1 is 1.53 bits per heavy atom. The van der Waals surface area contributed by atoms with Crippen molar-refractivity contribution in [2.45, 2.75) is 26.9 Å². The Labute approximate surface area is 115 Å². The smallest absolute Gasteiger partial charge is 0.257 e. The second kappa shape index (κ2) is 7.09. The van der Waals surface area contributed by atoms with Gasteiger partial charge in [0, 0.05) is 32.5 Å². The van der Waals surface area contributed by atoms with Crippen LogP contribution in [0.1, 0.15) is 29.9 Å². The molecule has 1 N–H and O–H groups in total. The third-order valence-electron chi connectivity index (χ3n) is 2.77. The second-order valence-electron chi connectivity index (χ2n) is 4.77. The summed E-state index contributed by atoms with van der Waals surface area (Å²) in [5, 5.41) is 3.03. The number of nitrogens with zero attached hydrogens (tertiary/aromatic N) is 2. The van der Waals surface area contributed by atoms with Crippen molar-refractivity contribution in [3.63, 3.8) is 0 Å². The lowest BCUT2D eigenvalue weighted by Gasteiger charge is -2.19. The molecule has 0 aliphatic carbocycles. The average molecular weight is 265 g/mol. The molecular weight excluding hydrogens is 242 g/mol. The van der Waals surface area contributed by atoms with Crippen LogP contribution in [-0.4, -0.2) is 49.1 Å². The summed E-state index contributed by atoms with van der Waals surface area (Å²) >= 11 is 0. The highest BCUT2D eigenvalue weighted by molar-refractivity contribution is 5.99. The summed E-state index contributed by atoms with van der Waals surface area (Å²) in [5.41, 5.74) is 2.26. The maximum absolute atomic E-state index is 12.3. The lowest BCUT2D eigenvalue weighted by atomic mass is 10.2. The monoisotopic (exact) mass is 265 g/mol. The highest BCUT2D eigenvalue weighted by atomic mass is 16.5. The van der Waals surface area contributed by atoms with Gasteiger partial charge in [-0.05, 0) is 26.8 Å². The van der Waals surface area contributed by atoms with Gasteiger partial charge in [-0.3, -0.25) is 9.78 Å². The van der Waals surface area contributed by atoms with Gasteiger partial charge in [0.05, 0.1) is 24.0 Å². The molecule has 1 aromatic heterocycles. The maximum Gasteiger partial charge on any atom is 0.257 e. The molecule has 0 aromatic carbocycles. The average Bonchev–Trinajstić information content (AvgIpc) is 2.37. The zero-order chi connectivity index (χ0) is 14.4. The molecule has 0 aliphatic heterocycles. The number of ether oxygens (including phenoxy) is 1. The number of likely N-dealkylation sites (N-methyl/N-ethyl adjacent to an activating group) is 1. The van der Waals surface area contributed by atoms with Crippen molar-refractivity contribution in [1.29, 1.82) is 0 Å². The fraction of sp³-hybridized carbons (Fsp3) is 0.571. The zero-order valence-electron chi connectivity index (χ0n) is 12.4. The van der Waals surface area contributed by atoms with Crippen LogP contribution in [0.5, 0.6) is 0 Å². The van der Waals surface area contributed by atoms with Crippen LogP contribution in [0.15, 0.2) is 12.3 Å². The predicted octanol–water partition coefficient (Wildman–Crippen LogP) is 1.93. The topological polar surface area (TPSA) is 54.5 Å². The van der Waals surface area contributed by atoms with Crippen molar-refractivity contribution in [3.05, 3.63) is 23.5 Å². The number of pyridine rings is 1. The van der Waals surface area contributed by atoms with E-state index >= 15 is 0 Å². The molecule has 106 valence electrons. The largest absolute Gasteiger partial charge is 0.387 e. The first-order valence-electron chi connectivity index (χ1n) is 6.47. The van der Waals surface area contributed by atoms with Crippen molar-refractivity contribution in [1.82, 2.24) is 9.88 Å². The van der Waals surface area contributed by atoms with Gasteiger partial charge in [0.15, 0.2) is 0 Å². The third-order valence-corrected chi connectivity index (χ3v) is 2.77. The molecule has 0 spiro atoms. The minimum absolute atomic E-state index is 0.0517. The van der Waals surface area contributed by atoms with Gasteiger partial charge in [-0.25, -0.2) is 0 Å². The first-order valence-corrected chi connectivity index (χ1v) is 6.47. The molecule has 1 aromatic rings. The summed E-state index contributed by atoms with van der Waals surface area (Å²) in [5.74, 6) is -0.0517. The van der Waals surface area contributed by atoms with Crippen LogP contribution < -0.4 is 5.32 Å². The van der Waals surface area contributed by atoms with E-state index in [0.29, 0.717) is 18.7 Å². The second-order valence-corrected chi connectivity index (χ2v) is 4.77. The van der Waals surface area contributed by atoms with E-state index in [1.54, 1.807) is 25.2 Å². The van der Waals surface area contributed by atoms with E-state index in [9.17, 15) is 4.79 Å². The SMILES string of the molecule is CNc1cc(C)ncc1C(=O)N(C)CCOC(C)C. The molecule has 0 bridgehead atoms. The van der Waals surface area contributed by atoms with Gasteiger partial charge in [0.1, 0.15) is 0 Å². The van der Waals surface area contributed by atoms with E-state index in [0.717, 1.165) is 11.4 Å². The number of aromatic nitrogens is 1. The lowest BCUT2D eigenvalue weighted by molar-refractivity contribution is 0.0532. The molecule has 0 aliphatic rings. The summed E-state index contributed by atoms with van der Waals surface area (Å²) in [7, 11) is 3.57. The van der Waals surface area contributed by atoms with Crippen LogP contribution in [0, 0.1) is 6.92 Å². The third kappa shape index (κ3) is 4.52. The van der Waals surface area contributed by atoms with Crippen molar-refractivity contribution in [2.75, 3.05) is 32.6 Å². The van der Waals surface area contributed by atoms with Crippen molar-refractivity contribution in [3.8, 4) is 0 Å². The Bertz CT molecular complexity index is 433. The van der Waals surface area contributed by atoms with E-state index in [1.165, 1.54) is 0 Å². The number of hydrogen-bond donors (Lipinski definition) is 1. The first kappa shape index (κ1) is 15.4. The van der Waals surface area contributed by atoms with Crippen LogP contribution in [-0.2, 0) is 4.74 Å². The fourth-order valence-corrected chi connectivity index (χ4v) is 1.67. The van der Waals surface area contributed by atoms with Gasteiger partial charge in [0.2, 0.25) is 0 Å². The Kier molecular flexibility index (Phi) is 5.76. The molecular formula is C14H23N3O2. The van der Waals surface area contributed by atoms with Crippen LogP contribution >= 0.6 is 0 Å². The lowest BCUT2D eigenvalue weighted by Crippen LogP contribution is -2.31. The number of rotatable bonds is 6. The van der Waals surface area contributed by atoms with Crippen LogP contribution in [0.25, 0.3) is 0 Å². The zero-order valence-corrected chi connectivity index (χ0v) is 12.4. The summed E-state index contributed by atoms with van der Waals surface area (Å²) in [6, 6.07) is 1.87. The van der Waals surface area contributed by atoms with Gasteiger partial charge in [0.25, 0.3) is 5.91 Å². The normalized spacial score (nSPS) is 10.6. The Morgan fingerprint density at radius 2 is 2.21 bits per heavy atom. The molecule has 19 heavy (non-hydrogen) atoms. The molecule has 1 amide bonds. The quantitative estimate of drug-likeness (QED) is 0.854. The molecule has 1 heterocycles. The van der Waals surface area contributed by atoms with Gasteiger partial charge in [-0.2, -0.15) is 0 Å². The summed E-state index contributed by atoms with van der Waals surface area (Å²) in [6.07, 6.45) is 1.79. The van der Waals surface area contributed by atoms with Gasteiger partial charge < -0.3 is 15.0 Å². The van der Waals surface area contributed by atoms with E-state index in [1.807, 2.05) is 26.8 Å². The number of hydrogen-bond acceptors (Lipinski definition) is 4. The van der Waals surface area contributed by atoms with E-state index in [2.05, 4.69) is 10.3 Å². The number of amides is 1. The van der Waals surface area contributed by atoms with Crippen molar-refractivity contribution >= 4 is 11.6 Å². The van der Waals surface area contributed by atoms with Crippen LogP contribution in [0.3, 0.4) is 0 Å². The standard InChI is InChI=1S/C14H23N3O2/c1-10(2)19-7-6-17(5)14(18)12-9-16-11(3)8-13(12)15-4/h8-10H,6-7H2,1-5H3,(H,15,16). The molecule has 0 fully saturated rings. The molecule has 1 rings (SSSR count). The summed E-state index contributed by atoms with van der Waals surface area (Å²) in [6.45, 7) is 6.95. The number of aryl methyl sites for hydroxylation is 1. The molecule has 0 atom stereocenters. The first-order chi connectivity index (χ1) is 8.95. The fourth-order valence-electron chi connectivity index (χ4n) is 1.67. The molecule has 5 heteroatoms. The van der Waals surface area contributed by atoms with Crippen molar-refractivity contribution < 1.29 is 9.53 Å². The van der Waals surface area contributed by atoms with E-state index < -0.39 is 0 Å². The minimum atomic E-state index is -0.0517. The highest BCUT2D eigenvalue weighted by Gasteiger charge is 2.16. The number of nitrogens with one attached hydrogen (secondary N) is 1. The minimum Gasteiger partial charge on any atom is -0.387 e. The van der Waals surface area contributed by atoms with E-state index in [-0.39, 0.29) is 12.0 Å². The predicted molar refractivity (Wildman–Crippen MR) is 76.6 cm³/mol. The Hall–Kier alpha value is -1.62. The van der Waals surface area contributed by atoms with Crippen molar-refractivity contribution in [2.24, 2.45) is 0 Å². The van der Waals surface area contributed by atoms with E-state index in [4.69, 9.17) is 4.74 Å². The van der Waals surface area contributed by atoms with Gasteiger partial charge in [-0.1, -0.05) is 0 Å². The summed E-state index contributed by atoms with van der Waals surface area (Å²) < 4.78 is 5.45. The van der Waals surface area contributed by atoms with Crippen LogP contribution in [0.4, 0.5) is 5.69 Å². The molecule has 5 nitrogen and oxygen atoms in total. The van der Waals surface area contributed by atoms with Gasteiger partial charge >= 0.3 is 0 Å².